The van der Waals surface area contributed by atoms with Crippen LogP contribution < -0.4 is 0 Å². The molecule has 0 fully saturated rings. The number of thioether (sulfide) groups is 1. The molecule has 0 radical (unpaired) electrons. The average Bonchev–Trinajstić information content (AvgIpc) is 2.34. The summed E-state index contributed by atoms with van der Waals surface area (Å²) in [4.78, 5) is 23.5. The van der Waals surface area contributed by atoms with Crippen LogP contribution in [-0.4, -0.2) is 15.6 Å². The van der Waals surface area contributed by atoms with Gasteiger partial charge in [0, 0.05) is 17.6 Å². The van der Waals surface area contributed by atoms with Crippen molar-refractivity contribution in [1.82, 2.24) is 0 Å². The summed E-state index contributed by atoms with van der Waals surface area (Å²) in [7, 11) is 0. The van der Waals surface area contributed by atoms with Crippen molar-refractivity contribution in [3.8, 4) is 0 Å². The Morgan fingerprint density at radius 1 is 1.04 bits per heavy atom. The number of rotatable bonds is 5. The van der Waals surface area contributed by atoms with Gasteiger partial charge in [-0.1, -0.05) is 44.7 Å². The first-order valence-corrected chi connectivity index (χ1v) is 8.08. The minimum Gasteiger partial charge on any atom is -0.300 e. The smallest absolute Gasteiger partial charge is 0.300 e. The molecule has 0 amide bonds. The minimum absolute atomic E-state index is 0.0661. The quantitative estimate of drug-likeness (QED) is 0.733. The van der Waals surface area contributed by atoms with Gasteiger partial charge in [0.2, 0.25) is 0 Å². The Morgan fingerprint density at radius 2 is 1.57 bits per heavy atom. The van der Waals surface area contributed by atoms with Crippen molar-refractivity contribution in [2.75, 3.05) is 0 Å². The van der Waals surface area contributed by atoms with Gasteiger partial charge in [0.15, 0.2) is 5.12 Å². The second kappa shape index (κ2) is 7.51. The molecule has 0 bridgehead atoms. The van der Waals surface area contributed by atoms with Crippen molar-refractivity contribution < 1.29 is 22.8 Å². The van der Waals surface area contributed by atoms with Crippen molar-refractivity contribution in [2.24, 2.45) is 0 Å². The molecule has 0 aromatic heterocycles. The second-order valence-corrected chi connectivity index (χ2v) is 8.40. The molecule has 0 aliphatic carbocycles. The Balaban J connectivity index is 2.94. The summed E-state index contributed by atoms with van der Waals surface area (Å²) in [6, 6.07) is 4.69. The zero-order valence-corrected chi connectivity index (χ0v) is 14.5. The summed E-state index contributed by atoms with van der Waals surface area (Å²) in [5.41, 5.74) is -0.158. The molecular formula is C17H21F3O2S. The molecule has 1 aromatic rings. The third kappa shape index (κ3) is 7.20. The van der Waals surface area contributed by atoms with E-state index in [2.05, 4.69) is 0 Å². The van der Waals surface area contributed by atoms with Crippen molar-refractivity contribution in [1.29, 1.82) is 0 Å². The van der Waals surface area contributed by atoms with Gasteiger partial charge < -0.3 is 4.79 Å². The van der Waals surface area contributed by atoms with Gasteiger partial charge in [-0.25, -0.2) is 0 Å². The monoisotopic (exact) mass is 346 g/mol. The number of Topliss-reactive ketones (excluding diaryl/α,β-unsaturated/α-hetero) is 1. The summed E-state index contributed by atoms with van der Waals surface area (Å²) in [6.45, 7) is 7.15. The third-order valence-corrected chi connectivity index (χ3v) is 4.08. The molecule has 0 aliphatic heterocycles. The number of carbonyl (C=O) groups is 2. The number of halogens is 3. The second-order valence-electron chi connectivity index (χ2n) is 6.51. The van der Waals surface area contributed by atoms with Crippen LogP contribution in [0.15, 0.2) is 24.3 Å². The SMILES string of the molecule is CC(=O)C[C@@H](CC(=O)SC(C)(C)C)c1ccc(C(F)(F)F)cc1. The maximum atomic E-state index is 12.6. The predicted molar refractivity (Wildman–Crippen MR) is 86.5 cm³/mol. The van der Waals surface area contributed by atoms with E-state index >= 15 is 0 Å². The number of hydrogen-bond donors (Lipinski definition) is 0. The molecule has 0 saturated carbocycles. The van der Waals surface area contributed by atoms with E-state index in [9.17, 15) is 22.8 Å². The van der Waals surface area contributed by atoms with Crippen molar-refractivity contribution in [2.45, 2.75) is 57.4 Å². The van der Waals surface area contributed by atoms with Gasteiger partial charge in [0.05, 0.1) is 5.56 Å². The van der Waals surface area contributed by atoms with Crippen molar-refractivity contribution in [3.63, 3.8) is 0 Å². The molecule has 0 unspecified atom stereocenters. The van der Waals surface area contributed by atoms with Crippen molar-refractivity contribution in [3.05, 3.63) is 35.4 Å². The lowest BCUT2D eigenvalue weighted by molar-refractivity contribution is -0.137. The van der Waals surface area contributed by atoms with Crippen LogP contribution in [0.4, 0.5) is 13.2 Å². The number of carbonyl (C=O) groups excluding carboxylic acids is 2. The molecule has 0 aliphatic rings. The van der Waals surface area contributed by atoms with Crippen LogP contribution in [0.2, 0.25) is 0 Å². The van der Waals surface area contributed by atoms with E-state index in [1.165, 1.54) is 30.8 Å². The highest BCUT2D eigenvalue weighted by Gasteiger charge is 2.30. The molecule has 1 atom stereocenters. The van der Waals surface area contributed by atoms with Crippen LogP contribution in [0.1, 0.15) is 57.6 Å². The Morgan fingerprint density at radius 3 is 1.96 bits per heavy atom. The standard InChI is InChI=1S/C17H21F3O2S/c1-11(21)9-13(10-15(22)23-16(2,3)4)12-5-7-14(8-6-12)17(18,19)20/h5-8,13H,9-10H2,1-4H3/t13-/m0/s1. The van der Waals surface area contributed by atoms with Gasteiger partial charge in [0.1, 0.15) is 5.78 Å². The predicted octanol–water partition coefficient (Wildman–Crippen LogP) is 5.22. The Hall–Kier alpha value is -1.30. The maximum absolute atomic E-state index is 12.6. The number of ketones is 1. The molecule has 23 heavy (non-hydrogen) atoms. The van der Waals surface area contributed by atoms with Crippen LogP contribution in [0.3, 0.4) is 0 Å². The van der Waals surface area contributed by atoms with Crippen LogP contribution in [0.5, 0.6) is 0 Å². The van der Waals surface area contributed by atoms with Crippen LogP contribution in [-0.2, 0) is 15.8 Å². The molecule has 0 heterocycles. The molecule has 0 spiro atoms. The van der Waals surface area contributed by atoms with E-state index in [0.29, 0.717) is 5.56 Å². The largest absolute Gasteiger partial charge is 0.416 e. The zero-order chi connectivity index (χ0) is 17.8. The lowest BCUT2D eigenvalue weighted by Crippen LogP contribution is -2.15. The first kappa shape index (κ1) is 19.7. The molecule has 1 aromatic carbocycles. The number of alkyl halides is 3. The fraction of sp³-hybridized carbons (Fsp3) is 0.529. The Kier molecular flexibility index (Phi) is 6.45. The average molecular weight is 346 g/mol. The summed E-state index contributed by atoms with van der Waals surface area (Å²) in [5, 5.41) is -0.0661. The molecule has 0 saturated heterocycles. The number of hydrogen-bond acceptors (Lipinski definition) is 3. The highest BCUT2D eigenvalue weighted by Crippen LogP contribution is 2.34. The fourth-order valence-electron chi connectivity index (χ4n) is 2.18. The molecule has 2 nitrogen and oxygen atoms in total. The minimum atomic E-state index is -4.40. The van der Waals surface area contributed by atoms with E-state index in [4.69, 9.17) is 0 Å². The van der Waals surface area contributed by atoms with E-state index in [0.717, 1.165) is 12.1 Å². The fourth-order valence-corrected chi connectivity index (χ4v) is 3.15. The Bertz CT molecular complexity index is 557. The van der Waals surface area contributed by atoms with Gasteiger partial charge in [0.25, 0.3) is 0 Å². The highest BCUT2D eigenvalue weighted by atomic mass is 32.2. The molecule has 6 heteroatoms. The van der Waals surface area contributed by atoms with Gasteiger partial charge in [-0.05, 0) is 30.5 Å². The zero-order valence-electron chi connectivity index (χ0n) is 13.7. The topological polar surface area (TPSA) is 34.1 Å². The summed E-state index contributed by atoms with van der Waals surface area (Å²) < 4.78 is 37.6. The van der Waals surface area contributed by atoms with Gasteiger partial charge >= 0.3 is 6.18 Å². The Labute approximate surface area is 138 Å². The first-order valence-electron chi connectivity index (χ1n) is 7.27. The van der Waals surface area contributed by atoms with E-state index in [1.807, 2.05) is 20.8 Å². The third-order valence-electron chi connectivity index (χ3n) is 3.08. The lowest BCUT2D eigenvalue weighted by Gasteiger charge is -2.20. The molecule has 128 valence electrons. The van der Waals surface area contributed by atoms with Crippen LogP contribution in [0.25, 0.3) is 0 Å². The van der Waals surface area contributed by atoms with E-state index in [-0.39, 0.29) is 28.5 Å². The normalized spacial score (nSPS) is 13.7. The molecular weight excluding hydrogens is 325 g/mol. The molecule has 0 N–H and O–H groups in total. The van der Waals surface area contributed by atoms with E-state index in [1.54, 1.807) is 0 Å². The summed E-state index contributed by atoms with van der Waals surface area (Å²) >= 11 is 1.18. The summed E-state index contributed by atoms with van der Waals surface area (Å²) in [5.74, 6) is -0.486. The lowest BCUT2D eigenvalue weighted by atomic mass is 9.91. The van der Waals surface area contributed by atoms with Crippen molar-refractivity contribution >= 4 is 22.7 Å². The molecule has 1 rings (SSSR count). The maximum Gasteiger partial charge on any atom is 0.416 e. The summed E-state index contributed by atoms with van der Waals surface area (Å²) in [6.07, 6.45) is -4.12. The van der Waals surface area contributed by atoms with Gasteiger partial charge in [-0.2, -0.15) is 13.2 Å². The number of benzene rings is 1. The van der Waals surface area contributed by atoms with Crippen LogP contribution >= 0.6 is 11.8 Å². The first-order chi connectivity index (χ1) is 10.4. The highest BCUT2D eigenvalue weighted by molar-refractivity contribution is 8.14. The van der Waals surface area contributed by atoms with Gasteiger partial charge in [-0.3, -0.25) is 4.79 Å². The van der Waals surface area contributed by atoms with Gasteiger partial charge in [-0.15, -0.1) is 0 Å². The van der Waals surface area contributed by atoms with Crippen LogP contribution in [0, 0.1) is 0 Å². The van der Waals surface area contributed by atoms with E-state index < -0.39 is 17.7 Å².